The van der Waals surface area contributed by atoms with E-state index >= 15 is 0 Å². The van der Waals surface area contributed by atoms with Crippen molar-refractivity contribution in [1.29, 1.82) is 0 Å². The predicted octanol–water partition coefficient (Wildman–Crippen LogP) is 4.66. The molecule has 0 atom stereocenters. The van der Waals surface area contributed by atoms with Gasteiger partial charge in [0, 0.05) is 13.1 Å². The van der Waals surface area contributed by atoms with Crippen LogP contribution in [0.3, 0.4) is 0 Å². The van der Waals surface area contributed by atoms with Crippen LogP contribution in [0.2, 0.25) is 0 Å². The monoisotopic (exact) mass is 397 g/mol. The highest BCUT2D eigenvalue weighted by Crippen LogP contribution is 2.30. The molecule has 2 aromatic carbocycles. The van der Waals surface area contributed by atoms with Crippen LogP contribution in [0.1, 0.15) is 29.5 Å². The Kier molecular flexibility index (Phi) is 5.63. The van der Waals surface area contributed by atoms with Gasteiger partial charge in [-0.25, -0.2) is 8.42 Å². The third-order valence-corrected chi connectivity index (χ3v) is 6.90. The number of benzene rings is 2. The van der Waals surface area contributed by atoms with Crippen molar-refractivity contribution in [2.45, 2.75) is 37.3 Å². The number of halogens is 3. The summed E-state index contributed by atoms with van der Waals surface area (Å²) in [7, 11) is -3.49. The molecule has 1 aliphatic rings. The molecule has 1 aliphatic heterocycles. The lowest BCUT2D eigenvalue weighted by Crippen LogP contribution is -2.38. The Hall–Kier alpha value is -1.86. The van der Waals surface area contributed by atoms with E-state index in [1.807, 2.05) is 13.0 Å². The van der Waals surface area contributed by atoms with Gasteiger partial charge in [0.05, 0.1) is 10.5 Å². The second-order valence-corrected chi connectivity index (χ2v) is 9.00. The van der Waals surface area contributed by atoms with Crippen LogP contribution in [-0.2, 0) is 22.6 Å². The highest BCUT2D eigenvalue weighted by Gasteiger charge is 2.31. The van der Waals surface area contributed by atoms with E-state index in [4.69, 9.17) is 0 Å². The third kappa shape index (κ3) is 4.71. The van der Waals surface area contributed by atoms with Crippen LogP contribution < -0.4 is 0 Å². The summed E-state index contributed by atoms with van der Waals surface area (Å²) in [6.45, 7) is 2.72. The van der Waals surface area contributed by atoms with E-state index in [-0.39, 0.29) is 5.92 Å². The molecule has 3 nitrogen and oxygen atoms in total. The second kappa shape index (κ2) is 7.64. The van der Waals surface area contributed by atoms with E-state index in [0.717, 1.165) is 23.3 Å². The van der Waals surface area contributed by atoms with Crippen molar-refractivity contribution in [3.8, 4) is 0 Å². The van der Waals surface area contributed by atoms with Crippen LogP contribution in [0.15, 0.2) is 53.4 Å². The van der Waals surface area contributed by atoms with Gasteiger partial charge in [-0.1, -0.05) is 24.3 Å². The zero-order valence-corrected chi connectivity index (χ0v) is 15.9. The molecule has 146 valence electrons. The molecule has 0 saturated carbocycles. The van der Waals surface area contributed by atoms with Gasteiger partial charge in [0.15, 0.2) is 0 Å². The van der Waals surface area contributed by atoms with Gasteiger partial charge in [0.25, 0.3) is 0 Å². The Morgan fingerprint density at radius 2 is 1.67 bits per heavy atom. The molecule has 7 heteroatoms. The van der Waals surface area contributed by atoms with Crippen LogP contribution in [0, 0.1) is 12.8 Å². The average Bonchev–Trinajstić information content (AvgIpc) is 2.62. The molecule has 3 rings (SSSR count). The fourth-order valence-corrected chi connectivity index (χ4v) is 5.02. The van der Waals surface area contributed by atoms with Crippen molar-refractivity contribution < 1.29 is 21.6 Å². The normalized spacial score (nSPS) is 17.2. The summed E-state index contributed by atoms with van der Waals surface area (Å²) in [5.41, 5.74) is 1.10. The van der Waals surface area contributed by atoms with Gasteiger partial charge in [0.1, 0.15) is 0 Å². The smallest absolute Gasteiger partial charge is 0.207 e. The number of nitrogens with zero attached hydrogens (tertiary/aromatic N) is 1. The van der Waals surface area contributed by atoms with Gasteiger partial charge >= 0.3 is 6.18 Å². The molecule has 0 spiro atoms. The Bertz CT molecular complexity index is 884. The summed E-state index contributed by atoms with van der Waals surface area (Å²) in [5, 5.41) is 0. The number of aryl methyl sites for hydroxylation is 1. The highest BCUT2D eigenvalue weighted by atomic mass is 32.2. The van der Waals surface area contributed by atoms with E-state index in [0.29, 0.717) is 37.2 Å². The third-order valence-electron chi connectivity index (χ3n) is 5.01. The first-order chi connectivity index (χ1) is 12.7. The van der Waals surface area contributed by atoms with Gasteiger partial charge in [-0.15, -0.1) is 0 Å². The van der Waals surface area contributed by atoms with E-state index < -0.39 is 21.8 Å². The fraction of sp³-hybridized carbons (Fsp3) is 0.400. The molecule has 0 N–H and O–H groups in total. The molecular weight excluding hydrogens is 375 g/mol. The first-order valence-corrected chi connectivity index (χ1v) is 10.3. The first-order valence-electron chi connectivity index (χ1n) is 8.89. The molecule has 0 bridgehead atoms. The number of sulfonamides is 1. The molecule has 0 aliphatic carbocycles. The number of piperidine rings is 1. The Labute approximate surface area is 157 Å². The zero-order valence-electron chi connectivity index (χ0n) is 15.0. The van der Waals surface area contributed by atoms with Crippen molar-refractivity contribution in [1.82, 2.24) is 4.31 Å². The maximum atomic E-state index is 12.8. The lowest BCUT2D eigenvalue weighted by atomic mass is 9.91. The minimum Gasteiger partial charge on any atom is -0.207 e. The summed E-state index contributed by atoms with van der Waals surface area (Å²) in [5.74, 6) is 0.269. The van der Waals surface area contributed by atoms with Crippen LogP contribution in [0.5, 0.6) is 0 Å². The SMILES string of the molecule is Cc1cccc(S(=O)(=O)N2CCC(Cc3ccc(C(F)(F)F)cc3)CC2)c1. The minimum atomic E-state index is -4.33. The van der Waals surface area contributed by atoms with E-state index in [1.165, 1.54) is 16.4 Å². The summed E-state index contributed by atoms with van der Waals surface area (Å²) in [4.78, 5) is 0.309. The Morgan fingerprint density at radius 1 is 1.04 bits per heavy atom. The standard InChI is InChI=1S/C20H22F3NO2S/c1-15-3-2-4-19(13-15)27(25,26)24-11-9-17(10-12-24)14-16-5-7-18(8-6-16)20(21,22)23/h2-8,13,17H,9-12,14H2,1H3. The number of rotatable bonds is 4. The highest BCUT2D eigenvalue weighted by molar-refractivity contribution is 7.89. The summed E-state index contributed by atoms with van der Waals surface area (Å²) in [6.07, 6.45) is -2.26. The van der Waals surface area contributed by atoms with Crippen LogP contribution >= 0.6 is 0 Å². The Balaban J connectivity index is 1.60. The van der Waals surface area contributed by atoms with Crippen molar-refractivity contribution in [3.63, 3.8) is 0 Å². The molecule has 0 aromatic heterocycles. The molecule has 27 heavy (non-hydrogen) atoms. The van der Waals surface area contributed by atoms with Crippen molar-refractivity contribution in [2.24, 2.45) is 5.92 Å². The molecule has 2 aromatic rings. The topological polar surface area (TPSA) is 37.4 Å². The van der Waals surface area contributed by atoms with Crippen molar-refractivity contribution >= 4 is 10.0 Å². The van der Waals surface area contributed by atoms with Gasteiger partial charge in [-0.05, 0) is 67.5 Å². The van der Waals surface area contributed by atoms with Crippen LogP contribution in [-0.4, -0.2) is 25.8 Å². The van der Waals surface area contributed by atoms with Crippen LogP contribution in [0.25, 0.3) is 0 Å². The Morgan fingerprint density at radius 3 is 2.22 bits per heavy atom. The maximum Gasteiger partial charge on any atom is 0.416 e. The summed E-state index contributed by atoms with van der Waals surface area (Å²) < 4.78 is 64.9. The molecule has 0 radical (unpaired) electrons. The average molecular weight is 397 g/mol. The second-order valence-electron chi connectivity index (χ2n) is 7.06. The number of hydrogen-bond donors (Lipinski definition) is 0. The molecular formula is C20H22F3NO2S. The first kappa shape index (κ1) is 19.9. The lowest BCUT2D eigenvalue weighted by Gasteiger charge is -2.31. The van der Waals surface area contributed by atoms with E-state index in [9.17, 15) is 21.6 Å². The summed E-state index contributed by atoms with van der Waals surface area (Å²) in [6, 6.07) is 12.1. The zero-order chi connectivity index (χ0) is 19.7. The molecule has 0 unspecified atom stereocenters. The van der Waals surface area contributed by atoms with Gasteiger partial charge in [-0.2, -0.15) is 17.5 Å². The van der Waals surface area contributed by atoms with E-state index in [1.54, 1.807) is 18.2 Å². The van der Waals surface area contributed by atoms with Crippen LogP contribution in [0.4, 0.5) is 13.2 Å². The van der Waals surface area contributed by atoms with Gasteiger partial charge in [-0.3, -0.25) is 0 Å². The van der Waals surface area contributed by atoms with Crippen molar-refractivity contribution in [2.75, 3.05) is 13.1 Å². The summed E-state index contributed by atoms with van der Waals surface area (Å²) >= 11 is 0. The number of hydrogen-bond acceptors (Lipinski definition) is 2. The van der Waals surface area contributed by atoms with Gasteiger partial charge in [0.2, 0.25) is 10.0 Å². The number of alkyl halides is 3. The maximum absolute atomic E-state index is 12.8. The largest absolute Gasteiger partial charge is 0.416 e. The van der Waals surface area contributed by atoms with Gasteiger partial charge < -0.3 is 0 Å². The molecule has 0 amide bonds. The lowest BCUT2D eigenvalue weighted by molar-refractivity contribution is -0.137. The minimum absolute atomic E-state index is 0.269. The predicted molar refractivity (Wildman–Crippen MR) is 97.8 cm³/mol. The van der Waals surface area contributed by atoms with Crippen molar-refractivity contribution in [3.05, 3.63) is 65.2 Å². The quantitative estimate of drug-likeness (QED) is 0.753. The molecule has 1 fully saturated rings. The molecule has 1 saturated heterocycles. The molecule has 1 heterocycles. The van der Waals surface area contributed by atoms with E-state index in [2.05, 4.69) is 0 Å². The fourth-order valence-electron chi connectivity index (χ4n) is 3.44.